The van der Waals surface area contributed by atoms with Crippen LogP contribution < -0.4 is 10.6 Å². The Labute approximate surface area is 183 Å². The van der Waals surface area contributed by atoms with Gasteiger partial charge >= 0.3 is 0 Å². The summed E-state index contributed by atoms with van der Waals surface area (Å²) in [6.07, 6.45) is 10.1. The van der Waals surface area contributed by atoms with Crippen molar-refractivity contribution >= 4 is 21.7 Å². The van der Waals surface area contributed by atoms with E-state index in [4.69, 9.17) is 0 Å². The highest BCUT2D eigenvalue weighted by molar-refractivity contribution is 7.89. The molecule has 1 aromatic heterocycles. The van der Waals surface area contributed by atoms with Crippen LogP contribution in [0.15, 0.2) is 11.2 Å². The van der Waals surface area contributed by atoms with E-state index in [0.29, 0.717) is 31.0 Å². The van der Waals surface area contributed by atoms with Crippen molar-refractivity contribution in [1.29, 1.82) is 0 Å². The molecule has 1 unspecified atom stereocenters. The summed E-state index contributed by atoms with van der Waals surface area (Å²) in [6, 6.07) is 3.03. The smallest absolute Gasteiger partial charge is 0.278 e. The van der Waals surface area contributed by atoms with Crippen LogP contribution >= 0.6 is 0 Å². The average Bonchev–Trinajstić information content (AvgIpc) is 3.26. The van der Waals surface area contributed by atoms with Crippen LogP contribution in [0.3, 0.4) is 0 Å². The third-order valence-corrected chi connectivity index (χ3v) is 8.97. The summed E-state index contributed by atoms with van der Waals surface area (Å²) in [7, 11) is -3.65. The first-order chi connectivity index (χ1) is 15.1. The van der Waals surface area contributed by atoms with E-state index in [1.165, 1.54) is 47.9 Å². The summed E-state index contributed by atoms with van der Waals surface area (Å²) in [5.41, 5.74) is 6.73. The molecule has 31 heavy (non-hydrogen) atoms. The number of H-pyrrole nitrogens is 1. The van der Waals surface area contributed by atoms with Crippen molar-refractivity contribution in [3.63, 3.8) is 0 Å². The topological polar surface area (TPSA) is 103 Å². The molecule has 0 amide bonds. The second-order valence-corrected chi connectivity index (χ2v) is 11.4. The lowest BCUT2D eigenvalue weighted by molar-refractivity contribution is 0.440. The van der Waals surface area contributed by atoms with Crippen molar-refractivity contribution in [2.75, 3.05) is 25.0 Å². The third-order valence-electron chi connectivity index (χ3n) is 7.29. The number of fused-ring (bicyclic) bond motifs is 2. The number of hydrogen-bond acceptors (Lipinski definition) is 6. The predicted octanol–water partition coefficient (Wildman–Crippen LogP) is 2.29. The second kappa shape index (κ2) is 7.56. The number of benzene rings is 1. The minimum absolute atomic E-state index is 0.0602. The maximum Gasteiger partial charge on any atom is 0.278 e. The summed E-state index contributed by atoms with van der Waals surface area (Å²) in [6.45, 7) is 1.98. The molecule has 4 aliphatic rings. The van der Waals surface area contributed by atoms with Crippen LogP contribution in [-0.2, 0) is 35.7 Å². The van der Waals surface area contributed by atoms with E-state index >= 15 is 0 Å². The summed E-state index contributed by atoms with van der Waals surface area (Å²) in [4.78, 5) is 2.96. The molecule has 0 bridgehead atoms. The minimum atomic E-state index is -3.65. The van der Waals surface area contributed by atoms with Gasteiger partial charge in [0, 0.05) is 24.8 Å². The summed E-state index contributed by atoms with van der Waals surface area (Å²) >= 11 is 0. The van der Waals surface area contributed by atoms with Gasteiger partial charge in [-0.1, -0.05) is 6.07 Å². The van der Waals surface area contributed by atoms with Gasteiger partial charge in [-0.3, -0.25) is 4.98 Å². The van der Waals surface area contributed by atoms with E-state index in [1.54, 1.807) is 4.31 Å². The normalized spacial score (nSPS) is 23.3. The number of rotatable bonds is 7. The Balaban J connectivity index is 1.20. The molecule has 1 saturated heterocycles. The Hall–Kier alpha value is -1.97. The van der Waals surface area contributed by atoms with Gasteiger partial charge < -0.3 is 10.6 Å². The fourth-order valence-corrected chi connectivity index (χ4v) is 6.80. The van der Waals surface area contributed by atoms with Crippen LogP contribution in [0.25, 0.3) is 0 Å². The number of anilines is 2. The molecule has 1 saturated carbocycles. The molecule has 3 aliphatic carbocycles. The standard InChI is InChI=1S/C22H30N6O2S/c29-31(30,28-10-9-14(13-28)12-23-17-7-8-17)22-25-21(26-27-22)24-20-18-5-1-3-15(18)11-16-4-2-6-19(16)20/h11,14,17,23H,1-10,12-13H2,(H2,24,25,26,27). The molecule has 1 aliphatic heterocycles. The lowest BCUT2D eigenvalue weighted by atomic mass is 9.99. The largest absolute Gasteiger partial charge is 0.324 e. The van der Waals surface area contributed by atoms with Gasteiger partial charge in [0.15, 0.2) is 0 Å². The molecule has 9 heteroatoms. The van der Waals surface area contributed by atoms with Crippen molar-refractivity contribution in [2.45, 2.75) is 69.0 Å². The monoisotopic (exact) mass is 442 g/mol. The number of aromatic amines is 1. The maximum absolute atomic E-state index is 13.1. The maximum atomic E-state index is 13.1. The molecule has 2 aromatic rings. The van der Waals surface area contributed by atoms with Crippen LogP contribution in [0.4, 0.5) is 11.6 Å². The van der Waals surface area contributed by atoms with Gasteiger partial charge in [0.1, 0.15) is 0 Å². The first kappa shape index (κ1) is 19.7. The Morgan fingerprint density at radius 3 is 2.48 bits per heavy atom. The van der Waals surface area contributed by atoms with Gasteiger partial charge in [-0.2, -0.15) is 4.31 Å². The first-order valence-corrected chi connectivity index (χ1v) is 13.1. The molecule has 8 nitrogen and oxygen atoms in total. The Morgan fingerprint density at radius 2 is 1.77 bits per heavy atom. The van der Waals surface area contributed by atoms with Crippen molar-refractivity contribution in [2.24, 2.45) is 5.92 Å². The van der Waals surface area contributed by atoms with Gasteiger partial charge in [0.25, 0.3) is 15.2 Å². The Bertz CT molecular complexity index is 1080. The molecule has 0 radical (unpaired) electrons. The van der Waals surface area contributed by atoms with Crippen molar-refractivity contribution in [3.05, 3.63) is 28.3 Å². The summed E-state index contributed by atoms with van der Waals surface area (Å²) in [5, 5.41) is 15.0. The van der Waals surface area contributed by atoms with Crippen molar-refractivity contribution < 1.29 is 8.42 Å². The molecular formula is C22H30N6O2S. The van der Waals surface area contributed by atoms with Crippen LogP contribution in [-0.4, -0.2) is 53.6 Å². The number of hydrogen-bond donors (Lipinski definition) is 3. The number of nitrogens with zero attached hydrogens (tertiary/aromatic N) is 3. The van der Waals surface area contributed by atoms with Crippen molar-refractivity contribution in [1.82, 2.24) is 24.8 Å². The van der Waals surface area contributed by atoms with E-state index in [1.807, 2.05) is 0 Å². The second-order valence-electron chi connectivity index (χ2n) is 9.54. The lowest BCUT2D eigenvalue weighted by Gasteiger charge is -2.16. The van der Waals surface area contributed by atoms with E-state index in [-0.39, 0.29) is 5.16 Å². The van der Waals surface area contributed by atoms with E-state index in [2.05, 4.69) is 31.9 Å². The number of sulfonamides is 1. The molecule has 3 N–H and O–H groups in total. The molecule has 166 valence electrons. The zero-order valence-corrected chi connectivity index (χ0v) is 18.6. The Kier molecular flexibility index (Phi) is 4.81. The van der Waals surface area contributed by atoms with Crippen LogP contribution in [0.2, 0.25) is 0 Å². The fraction of sp³-hybridized carbons (Fsp3) is 0.636. The molecule has 0 spiro atoms. The fourth-order valence-electron chi connectivity index (χ4n) is 5.43. The van der Waals surface area contributed by atoms with Gasteiger partial charge in [-0.25, -0.2) is 8.42 Å². The molecule has 2 heterocycles. The van der Waals surface area contributed by atoms with E-state index in [0.717, 1.165) is 44.3 Å². The lowest BCUT2D eigenvalue weighted by Crippen LogP contribution is -2.32. The zero-order valence-electron chi connectivity index (χ0n) is 17.8. The highest BCUT2D eigenvalue weighted by atomic mass is 32.2. The molecule has 1 atom stereocenters. The molecule has 1 aromatic carbocycles. The molecule has 2 fully saturated rings. The number of nitrogens with one attached hydrogen (secondary N) is 3. The van der Waals surface area contributed by atoms with Crippen molar-refractivity contribution in [3.8, 4) is 0 Å². The first-order valence-electron chi connectivity index (χ1n) is 11.7. The average molecular weight is 443 g/mol. The quantitative estimate of drug-likeness (QED) is 0.608. The predicted molar refractivity (Wildman–Crippen MR) is 118 cm³/mol. The van der Waals surface area contributed by atoms with Gasteiger partial charge in [0.05, 0.1) is 0 Å². The van der Waals surface area contributed by atoms with E-state index < -0.39 is 10.0 Å². The van der Waals surface area contributed by atoms with Crippen LogP contribution in [0, 0.1) is 5.92 Å². The number of aryl methyl sites for hydroxylation is 2. The van der Waals surface area contributed by atoms with Gasteiger partial charge in [-0.05, 0) is 92.5 Å². The molecular weight excluding hydrogens is 412 g/mol. The van der Waals surface area contributed by atoms with Crippen LogP contribution in [0.1, 0.15) is 54.4 Å². The SMILES string of the molecule is O=S(=O)(c1nnc(Nc2c3c(cc4c2CCC4)CCC3)[nH]1)N1CCC(CNC2CC2)C1. The van der Waals surface area contributed by atoms with E-state index in [9.17, 15) is 8.42 Å². The highest BCUT2D eigenvalue weighted by Gasteiger charge is 2.35. The highest BCUT2D eigenvalue weighted by Crippen LogP contribution is 2.39. The molecule has 6 rings (SSSR count). The third kappa shape index (κ3) is 3.66. The van der Waals surface area contributed by atoms with Gasteiger partial charge in [0.2, 0.25) is 5.95 Å². The minimum Gasteiger partial charge on any atom is -0.324 e. The zero-order chi connectivity index (χ0) is 21.0. The number of aromatic nitrogens is 3. The van der Waals surface area contributed by atoms with Gasteiger partial charge in [-0.15, -0.1) is 10.2 Å². The summed E-state index contributed by atoms with van der Waals surface area (Å²) < 4.78 is 27.8. The van der Waals surface area contributed by atoms with Crippen LogP contribution in [0.5, 0.6) is 0 Å². The Morgan fingerprint density at radius 1 is 1.03 bits per heavy atom. The summed E-state index contributed by atoms with van der Waals surface area (Å²) in [5.74, 6) is 0.782.